The van der Waals surface area contributed by atoms with Crippen molar-refractivity contribution < 1.29 is 23.7 Å². The van der Waals surface area contributed by atoms with E-state index < -0.39 is 0 Å². The van der Waals surface area contributed by atoms with Crippen LogP contribution in [0.3, 0.4) is 0 Å². The van der Waals surface area contributed by atoms with E-state index in [2.05, 4.69) is 24.9 Å². The second kappa shape index (κ2) is 12.1. The van der Waals surface area contributed by atoms with Crippen molar-refractivity contribution >= 4 is 5.91 Å². The molecule has 2 aliphatic heterocycles. The highest BCUT2D eigenvalue weighted by Gasteiger charge is 2.45. The Morgan fingerprint density at radius 1 is 1.22 bits per heavy atom. The highest BCUT2D eigenvalue weighted by Crippen LogP contribution is 2.44. The molecule has 196 valence electrons. The summed E-state index contributed by atoms with van der Waals surface area (Å²) in [7, 11) is 1.61. The lowest BCUT2D eigenvalue weighted by Crippen LogP contribution is -2.52. The largest absolute Gasteiger partial charge is 0.493 e. The molecule has 1 aromatic carbocycles. The number of rotatable bonds is 9. The minimum absolute atomic E-state index is 0.0119. The topological polar surface area (TPSA) is 70.1 Å². The first-order valence-corrected chi connectivity index (χ1v) is 13.2. The molecule has 1 aromatic heterocycles. The van der Waals surface area contributed by atoms with Crippen LogP contribution in [-0.4, -0.2) is 60.9 Å². The van der Waals surface area contributed by atoms with Crippen LogP contribution in [0.4, 0.5) is 0 Å². The molecule has 3 heterocycles. The standard InChI is InChI=1S/C29H40N2O5/c1-5-34-24-18-26(23-7-6-13-30-20-23)36-29(19-24)11-14-31(15-12-29)28(32)22-8-9-25(27(17-22)33-4)35-16-10-21(2)3/h6-9,13,17,20-21,24,26H,5,10-12,14-16,18-19H2,1-4H3. The second-order valence-electron chi connectivity index (χ2n) is 10.3. The molecule has 0 radical (unpaired) electrons. The summed E-state index contributed by atoms with van der Waals surface area (Å²) >= 11 is 0. The highest BCUT2D eigenvalue weighted by molar-refractivity contribution is 5.95. The van der Waals surface area contributed by atoms with Gasteiger partial charge in [-0.05, 0) is 61.9 Å². The van der Waals surface area contributed by atoms with Crippen LogP contribution in [0.1, 0.15) is 74.9 Å². The summed E-state index contributed by atoms with van der Waals surface area (Å²) in [4.78, 5) is 19.6. The maximum Gasteiger partial charge on any atom is 0.253 e. The van der Waals surface area contributed by atoms with Crippen molar-refractivity contribution in [1.29, 1.82) is 0 Å². The summed E-state index contributed by atoms with van der Waals surface area (Å²) in [5.41, 5.74) is 1.41. The number of likely N-dealkylation sites (tertiary alicyclic amines) is 1. The molecule has 2 aliphatic rings. The average Bonchev–Trinajstić information content (AvgIpc) is 2.89. The van der Waals surface area contributed by atoms with Gasteiger partial charge in [0.2, 0.25) is 0 Å². The number of carbonyl (C=O) groups is 1. The SMILES string of the molecule is CCOC1CC(c2cccnc2)OC2(CCN(C(=O)c3ccc(OCCC(C)C)c(OC)c3)CC2)C1. The van der Waals surface area contributed by atoms with Crippen LogP contribution < -0.4 is 9.47 Å². The Labute approximate surface area is 215 Å². The molecule has 2 saturated heterocycles. The normalized spacial score (nSPS) is 21.5. The summed E-state index contributed by atoms with van der Waals surface area (Å²) in [5, 5.41) is 0. The zero-order valence-electron chi connectivity index (χ0n) is 22.1. The van der Waals surface area contributed by atoms with Crippen LogP contribution in [0.25, 0.3) is 0 Å². The lowest BCUT2D eigenvalue weighted by molar-refractivity contribution is -0.190. The van der Waals surface area contributed by atoms with Crippen molar-refractivity contribution in [2.45, 2.75) is 70.7 Å². The molecule has 36 heavy (non-hydrogen) atoms. The molecule has 2 atom stereocenters. The summed E-state index contributed by atoms with van der Waals surface area (Å²) in [6, 6.07) is 9.49. The van der Waals surface area contributed by atoms with E-state index in [0.29, 0.717) is 49.3 Å². The molecule has 0 saturated carbocycles. The van der Waals surface area contributed by atoms with Crippen LogP contribution in [0.15, 0.2) is 42.7 Å². The fourth-order valence-corrected chi connectivity index (χ4v) is 5.21. The van der Waals surface area contributed by atoms with Gasteiger partial charge in [0.1, 0.15) is 0 Å². The molecule has 1 spiro atoms. The molecule has 2 unspecified atom stereocenters. The van der Waals surface area contributed by atoms with Crippen molar-refractivity contribution in [3.05, 3.63) is 53.9 Å². The molecule has 0 aliphatic carbocycles. The second-order valence-corrected chi connectivity index (χ2v) is 10.3. The van der Waals surface area contributed by atoms with Crippen molar-refractivity contribution in [3.8, 4) is 11.5 Å². The number of ether oxygens (including phenoxy) is 4. The maximum atomic E-state index is 13.4. The molecular weight excluding hydrogens is 456 g/mol. The lowest BCUT2D eigenvalue weighted by atomic mass is 9.80. The van der Waals surface area contributed by atoms with E-state index in [-0.39, 0.29) is 23.7 Å². The van der Waals surface area contributed by atoms with Crippen molar-refractivity contribution in [1.82, 2.24) is 9.88 Å². The summed E-state index contributed by atoms with van der Waals surface area (Å²) in [6.45, 7) is 8.97. The Balaban J connectivity index is 1.41. The number of piperidine rings is 1. The van der Waals surface area contributed by atoms with Gasteiger partial charge in [-0.25, -0.2) is 0 Å². The number of methoxy groups -OCH3 is 1. The predicted octanol–water partition coefficient (Wildman–Crippen LogP) is 5.45. The van der Waals surface area contributed by atoms with Gasteiger partial charge in [-0.2, -0.15) is 0 Å². The summed E-state index contributed by atoms with van der Waals surface area (Å²) < 4.78 is 24.2. The molecule has 7 nitrogen and oxygen atoms in total. The van der Waals surface area contributed by atoms with E-state index in [1.165, 1.54) is 0 Å². The van der Waals surface area contributed by atoms with Crippen LogP contribution in [-0.2, 0) is 9.47 Å². The van der Waals surface area contributed by atoms with E-state index in [0.717, 1.165) is 37.7 Å². The number of hydrogen-bond acceptors (Lipinski definition) is 6. The number of hydrogen-bond donors (Lipinski definition) is 0. The predicted molar refractivity (Wildman–Crippen MR) is 139 cm³/mol. The number of nitrogens with zero attached hydrogens (tertiary/aromatic N) is 2. The maximum absolute atomic E-state index is 13.4. The highest BCUT2D eigenvalue weighted by atomic mass is 16.5. The number of benzene rings is 1. The van der Waals surface area contributed by atoms with Crippen LogP contribution >= 0.6 is 0 Å². The monoisotopic (exact) mass is 496 g/mol. The molecule has 2 fully saturated rings. The van der Waals surface area contributed by atoms with Gasteiger partial charge in [0.25, 0.3) is 5.91 Å². The van der Waals surface area contributed by atoms with Gasteiger partial charge in [-0.15, -0.1) is 0 Å². The first kappa shape index (κ1) is 26.4. The van der Waals surface area contributed by atoms with Gasteiger partial charge in [0.15, 0.2) is 11.5 Å². The Morgan fingerprint density at radius 2 is 2.03 bits per heavy atom. The first-order valence-electron chi connectivity index (χ1n) is 13.2. The third kappa shape index (κ3) is 6.37. The van der Waals surface area contributed by atoms with E-state index >= 15 is 0 Å². The lowest BCUT2D eigenvalue weighted by Gasteiger charge is -2.48. The van der Waals surface area contributed by atoms with Gasteiger partial charge in [0, 0.05) is 50.5 Å². The van der Waals surface area contributed by atoms with Gasteiger partial charge in [0.05, 0.1) is 31.5 Å². The van der Waals surface area contributed by atoms with E-state index in [4.69, 9.17) is 18.9 Å². The number of aromatic nitrogens is 1. The first-order chi connectivity index (χ1) is 17.4. The van der Waals surface area contributed by atoms with Crippen molar-refractivity contribution in [2.24, 2.45) is 5.92 Å². The summed E-state index contributed by atoms with van der Waals surface area (Å²) in [5.74, 6) is 1.84. The molecule has 4 rings (SSSR count). The smallest absolute Gasteiger partial charge is 0.253 e. The third-order valence-electron chi connectivity index (χ3n) is 7.25. The van der Waals surface area contributed by atoms with E-state index in [1.54, 1.807) is 19.4 Å². The Morgan fingerprint density at radius 3 is 2.69 bits per heavy atom. The summed E-state index contributed by atoms with van der Waals surface area (Å²) in [6.07, 6.45) is 7.99. The molecule has 0 bridgehead atoms. The molecular formula is C29H40N2O5. The zero-order chi connectivity index (χ0) is 25.5. The Bertz CT molecular complexity index is 988. The molecule has 7 heteroatoms. The molecule has 1 amide bonds. The van der Waals surface area contributed by atoms with Gasteiger partial charge in [-0.3, -0.25) is 9.78 Å². The minimum Gasteiger partial charge on any atom is -0.493 e. The molecule has 0 N–H and O–H groups in total. The van der Waals surface area contributed by atoms with E-state index in [9.17, 15) is 4.79 Å². The number of carbonyl (C=O) groups excluding carboxylic acids is 1. The van der Waals surface area contributed by atoms with Crippen molar-refractivity contribution in [3.63, 3.8) is 0 Å². The Hall–Kier alpha value is -2.64. The van der Waals surface area contributed by atoms with Gasteiger partial charge >= 0.3 is 0 Å². The third-order valence-corrected chi connectivity index (χ3v) is 7.25. The van der Waals surface area contributed by atoms with Crippen LogP contribution in [0, 0.1) is 5.92 Å². The van der Waals surface area contributed by atoms with Gasteiger partial charge in [-0.1, -0.05) is 19.9 Å². The minimum atomic E-state index is -0.290. The fraction of sp³-hybridized carbons (Fsp3) is 0.586. The van der Waals surface area contributed by atoms with E-state index in [1.807, 2.05) is 36.2 Å². The number of amides is 1. The van der Waals surface area contributed by atoms with Crippen molar-refractivity contribution in [2.75, 3.05) is 33.4 Å². The van der Waals surface area contributed by atoms with Crippen LogP contribution in [0.2, 0.25) is 0 Å². The molecule has 2 aromatic rings. The Kier molecular flexibility index (Phi) is 8.86. The van der Waals surface area contributed by atoms with Crippen LogP contribution in [0.5, 0.6) is 11.5 Å². The zero-order valence-corrected chi connectivity index (χ0v) is 22.1. The number of pyridine rings is 1. The fourth-order valence-electron chi connectivity index (χ4n) is 5.21. The van der Waals surface area contributed by atoms with Gasteiger partial charge < -0.3 is 23.8 Å². The quantitative estimate of drug-likeness (QED) is 0.460. The average molecular weight is 497 g/mol.